The molecule has 0 bridgehead atoms. The molecule has 0 amide bonds. The summed E-state index contributed by atoms with van der Waals surface area (Å²) in [6, 6.07) is 7.01. The minimum absolute atomic E-state index is 0.544. The molecule has 0 aliphatic heterocycles. The summed E-state index contributed by atoms with van der Waals surface area (Å²) in [4.78, 5) is 0. The van der Waals surface area contributed by atoms with Crippen molar-refractivity contribution in [3.63, 3.8) is 0 Å². The molecule has 15 heavy (non-hydrogen) atoms. The molecule has 84 valence electrons. The van der Waals surface area contributed by atoms with E-state index in [1.54, 1.807) is 25.1 Å². The predicted octanol–water partition coefficient (Wildman–Crippen LogP) is 1.64. The predicted molar refractivity (Wildman–Crippen MR) is 60.6 cm³/mol. The van der Waals surface area contributed by atoms with Gasteiger partial charge >= 0.3 is 0 Å². The summed E-state index contributed by atoms with van der Waals surface area (Å²) in [6.45, 7) is 1.80. The molecule has 0 saturated heterocycles. The number of hydrogen-bond donors (Lipinski definition) is 1. The Hall–Kier alpha value is -0.580. The van der Waals surface area contributed by atoms with Crippen molar-refractivity contribution in [2.24, 2.45) is 0 Å². The average Bonchev–Trinajstić information content (AvgIpc) is 2.15. The molecule has 0 radical (unpaired) electrons. The van der Waals surface area contributed by atoms with Gasteiger partial charge in [-0.2, -0.15) is 0 Å². The molecule has 0 aromatic heterocycles. The normalized spacial score (nSPS) is 16.0. The molecule has 1 aromatic carbocycles. The van der Waals surface area contributed by atoms with Crippen LogP contribution in [0.3, 0.4) is 0 Å². The van der Waals surface area contributed by atoms with Crippen LogP contribution in [0.2, 0.25) is 0 Å². The van der Waals surface area contributed by atoms with Crippen molar-refractivity contribution in [1.29, 1.82) is 0 Å². The highest BCUT2D eigenvalue weighted by Crippen LogP contribution is 2.26. The van der Waals surface area contributed by atoms with E-state index in [9.17, 15) is 13.5 Å². The molecule has 0 spiro atoms. The van der Waals surface area contributed by atoms with Crippen molar-refractivity contribution in [3.8, 4) is 0 Å². The molecule has 1 rings (SSSR count). The van der Waals surface area contributed by atoms with Crippen LogP contribution < -0.4 is 0 Å². The largest absolute Gasteiger partial charge is 0.386 e. The summed E-state index contributed by atoms with van der Waals surface area (Å²) >= 11 is 5.68. The topological polar surface area (TPSA) is 54.4 Å². The molecule has 0 aliphatic rings. The van der Waals surface area contributed by atoms with Crippen LogP contribution in [0, 0.1) is 6.92 Å². The molecule has 0 aliphatic carbocycles. The summed E-state index contributed by atoms with van der Waals surface area (Å²) in [5.74, 6) is 0. The second kappa shape index (κ2) is 4.51. The second-order valence-corrected chi connectivity index (χ2v) is 6.38. The van der Waals surface area contributed by atoms with Gasteiger partial charge in [-0.25, -0.2) is 8.42 Å². The van der Waals surface area contributed by atoms with Crippen LogP contribution in [-0.4, -0.2) is 24.5 Å². The highest BCUT2D eigenvalue weighted by Gasteiger charge is 2.28. The van der Waals surface area contributed by atoms with Crippen LogP contribution in [0.4, 0.5) is 0 Å². The lowest BCUT2D eigenvalue weighted by Crippen LogP contribution is -2.22. The Labute approximate surface area is 94.6 Å². The maximum atomic E-state index is 11.2. The molecule has 2 atom stereocenters. The lowest BCUT2D eigenvalue weighted by molar-refractivity contribution is 0.191. The first kappa shape index (κ1) is 12.5. The van der Waals surface area contributed by atoms with Gasteiger partial charge in [-0.15, -0.1) is 11.6 Å². The summed E-state index contributed by atoms with van der Waals surface area (Å²) in [6.07, 6.45) is -0.186. The van der Waals surface area contributed by atoms with Gasteiger partial charge < -0.3 is 5.11 Å². The Morgan fingerprint density at radius 1 is 1.33 bits per heavy atom. The molecular weight excluding hydrogens is 236 g/mol. The van der Waals surface area contributed by atoms with E-state index in [2.05, 4.69) is 0 Å². The molecule has 3 nitrogen and oxygen atoms in total. The Bertz CT molecular complexity index is 442. The van der Waals surface area contributed by atoms with Crippen LogP contribution in [-0.2, 0) is 9.84 Å². The van der Waals surface area contributed by atoms with E-state index >= 15 is 0 Å². The monoisotopic (exact) mass is 248 g/mol. The first-order valence-electron chi connectivity index (χ1n) is 4.40. The molecule has 0 heterocycles. The lowest BCUT2D eigenvalue weighted by Gasteiger charge is -2.17. The number of alkyl halides is 1. The zero-order valence-corrected chi connectivity index (χ0v) is 10.1. The molecule has 1 aromatic rings. The molecular formula is C10H13ClO3S. The number of sulfone groups is 1. The first-order chi connectivity index (χ1) is 6.84. The van der Waals surface area contributed by atoms with Gasteiger partial charge in [0, 0.05) is 6.26 Å². The number of aryl methyl sites for hydroxylation is 1. The van der Waals surface area contributed by atoms with Gasteiger partial charge in [0.2, 0.25) is 0 Å². The Morgan fingerprint density at radius 2 is 1.87 bits per heavy atom. The second-order valence-electron chi connectivity index (χ2n) is 3.48. The number of benzene rings is 1. The third-order valence-corrected chi connectivity index (χ3v) is 4.45. The van der Waals surface area contributed by atoms with Crippen LogP contribution in [0.15, 0.2) is 24.3 Å². The summed E-state index contributed by atoms with van der Waals surface area (Å²) < 4.78 is 21.0. The van der Waals surface area contributed by atoms with Crippen LogP contribution in [0.1, 0.15) is 17.2 Å². The van der Waals surface area contributed by atoms with Gasteiger partial charge in [0.25, 0.3) is 0 Å². The number of halogens is 1. The Morgan fingerprint density at radius 3 is 2.33 bits per heavy atom. The third-order valence-electron chi connectivity index (χ3n) is 2.16. The Balaban J connectivity index is 3.06. The van der Waals surface area contributed by atoms with E-state index in [-0.39, 0.29) is 0 Å². The van der Waals surface area contributed by atoms with Gasteiger partial charge in [-0.1, -0.05) is 24.3 Å². The van der Waals surface area contributed by atoms with E-state index < -0.39 is 20.7 Å². The van der Waals surface area contributed by atoms with Gasteiger partial charge in [-0.3, -0.25) is 0 Å². The molecule has 5 heteroatoms. The summed E-state index contributed by atoms with van der Waals surface area (Å²) in [5.41, 5.74) is 1.36. The maximum absolute atomic E-state index is 11.2. The lowest BCUT2D eigenvalue weighted by atomic mass is 10.1. The molecule has 0 fully saturated rings. The van der Waals surface area contributed by atoms with Crippen molar-refractivity contribution in [2.75, 3.05) is 6.26 Å². The highest BCUT2D eigenvalue weighted by molar-refractivity contribution is 7.92. The van der Waals surface area contributed by atoms with Crippen molar-refractivity contribution in [1.82, 2.24) is 0 Å². The zero-order valence-electron chi connectivity index (χ0n) is 8.51. The van der Waals surface area contributed by atoms with E-state index in [1.165, 1.54) is 0 Å². The van der Waals surface area contributed by atoms with E-state index in [0.717, 1.165) is 11.8 Å². The molecule has 1 N–H and O–H groups in total. The third kappa shape index (κ3) is 2.93. The first-order valence-corrected chi connectivity index (χ1v) is 6.79. The number of aliphatic hydroxyl groups is 1. The number of aliphatic hydroxyl groups excluding tert-OH is 1. The quantitative estimate of drug-likeness (QED) is 0.828. The van der Waals surface area contributed by atoms with Gasteiger partial charge in [0.1, 0.15) is 6.10 Å². The van der Waals surface area contributed by atoms with E-state index in [0.29, 0.717) is 5.56 Å². The van der Waals surface area contributed by atoms with Crippen molar-refractivity contribution >= 4 is 21.4 Å². The SMILES string of the molecule is Cc1ccccc1[C@H](O)[C@H](Cl)S(C)(=O)=O. The minimum Gasteiger partial charge on any atom is -0.386 e. The van der Waals surface area contributed by atoms with Gasteiger partial charge in [-0.05, 0) is 18.1 Å². The van der Waals surface area contributed by atoms with E-state index in [4.69, 9.17) is 11.6 Å². The highest BCUT2D eigenvalue weighted by atomic mass is 35.5. The maximum Gasteiger partial charge on any atom is 0.167 e. The van der Waals surface area contributed by atoms with Crippen LogP contribution >= 0.6 is 11.6 Å². The number of hydrogen-bond acceptors (Lipinski definition) is 3. The fraction of sp³-hybridized carbons (Fsp3) is 0.400. The van der Waals surface area contributed by atoms with Crippen LogP contribution in [0.5, 0.6) is 0 Å². The molecule has 0 saturated carbocycles. The fourth-order valence-corrected chi connectivity index (χ4v) is 2.04. The Kier molecular flexibility index (Phi) is 3.76. The van der Waals surface area contributed by atoms with Crippen LogP contribution in [0.25, 0.3) is 0 Å². The summed E-state index contributed by atoms with van der Waals surface area (Å²) in [5, 5.41) is 9.79. The van der Waals surface area contributed by atoms with Crippen molar-refractivity contribution in [3.05, 3.63) is 35.4 Å². The smallest absolute Gasteiger partial charge is 0.167 e. The molecule has 0 unspecified atom stereocenters. The van der Waals surface area contributed by atoms with Crippen molar-refractivity contribution < 1.29 is 13.5 Å². The standard InChI is InChI=1S/C10H13ClO3S/c1-7-5-3-4-6-8(7)9(12)10(11)15(2,13)14/h3-6,9-10,12H,1-2H3/t9-,10+/m0/s1. The van der Waals surface area contributed by atoms with Crippen molar-refractivity contribution in [2.45, 2.75) is 17.7 Å². The minimum atomic E-state index is -3.45. The van der Waals surface area contributed by atoms with Gasteiger partial charge in [0.15, 0.2) is 14.5 Å². The zero-order chi connectivity index (χ0) is 11.6. The number of rotatable bonds is 3. The fourth-order valence-electron chi connectivity index (χ4n) is 1.29. The average molecular weight is 249 g/mol. The van der Waals surface area contributed by atoms with E-state index in [1.807, 2.05) is 6.07 Å². The summed E-state index contributed by atoms with van der Waals surface area (Å²) in [7, 11) is -3.45. The van der Waals surface area contributed by atoms with Gasteiger partial charge in [0.05, 0.1) is 0 Å².